The normalized spacial score (nSPS) is 16.8. The highest BCUT2D eigenvalue weighted by molar-refractivity contribution is 7.80. The third-order valence-electron chi connectivity index (χ3n) is 3.66. The van der Waals surface area contributed by atoms with Crippen LogP contribution >= 0.6 is 12.2 Å². The van der Waals surface area contributed by atoms with Gasteiger partial charge in [-0.1, -0.05) is 12.1 Å². The minimum Gasteiger partial charge on any atom is -0.440 e. The molecular weight excluding hydrogens is 258 g/mol. The molecule has 1 saturated heterocycles. The summed E-state index contributed by atoms with van der Waals surface area (Å²) in [5, 5.41) is 3.86. The van der Waals surface area contributed by atoms with E-state index in [4.69, 9.17) is 16.6 Å². The summed E-state index contributed by atoms with van der Waals surface area (Å²) < 4.78 is 5.85. The van der Waals surface area contributed by atoms with E-state index in [2.05, 4.69) is 15.2 Å². The van der Waals surface area contributed by atoms with Crippen molar-refractivity contribution in [1.82, 2.24) is 15.2 Å². The Morgan fingerprint density at radius 3 is 2.79 bits per heavy atom. The summed E-state index contributed by atoms with van der Waals surface area (Å²) in [5.74, 6) is 1.28. The quantitative estimate of drug-likeness (QED) is 0.810. The number of fused-ring (bicyclic) bond motifs is 1. The molecular formula is C14H17N3OS. The second-order valence-electron chi connectivity index (χ2n) is 4.84. The maximum absolute atomic E-state index is 5.85. The van der Waals surface area contributed by atoms with E-state index in [9.17, 15) is 0 Å². The molecule has 0 saturated carbocycles. The van der Waals surface area contributed by atoms with Crippen molar-refractivity contribution in [2.24, 2.45) is 0 Å². The lowest BCUT2D eigenvalue weighted by Gasteiger charge is -2.32. The average Bonchev–Trinajstić information content (AvgIpc) is 2.90. The van der Waals surface area contributed by atoms with Gasteiger partial charge in [0.05, 0.1) is 0 Å². The lowest BCUT2D eigenvalue weighted by Crippen LogP contribution is -2.42. The molecule has 0 radical (unpaired) electrons. The molecule has 1 aliphatic rings. The first-order chi connectivity index (χ1) is 9.28. The number of nitrogens with zero attached hydrogens (tertiary/aromatic N) is 2. The molecule has 1 N–H and O–H groups in total. The molecule has 1 aromatic heterocycles. The summed E-state index contributed by atoms with van der Waals surface area (Å²) in [5.41, 5.74) is 1.83. The van der Waals surface area contributed by atoms with Crippen LogP contribution in [0.4, 0.5) is 0 Å². The molecule has 0 spiro atoms. The fourth-order valence-corrected chi connectivity index (χ4v) is 2.73. The topological polar surface area (TPSA) is 41.3 Å². The first-order valence-electron chi connectivity index (χ1n) is 6.60. The van der Waals surface area contributed by atoms with Crippen LogP contribution in [0.25, 0.3) is 11.1 Å². The fraction of sp³-hybridized carbons (Fsp3) is 0.429. The first kappa shape index (κ1) is 12.4. The van der Waals surface area contributed by atoms with Gasteiger partial charge in [0.1, 0.15) is 5.52 Å². The molecule has 1 aliphatic heterocycles. The maximum Gasteiger partial charge on any atom is 0.198 e. The molecule has 0 atom stereocenters. The van der Waals surface area contributed by atoms with Crippen molar-refractivity contribution in [1.29, 1.82) is 0 Å². The fourth-order valence-electron chi connectivity index (χ4n) is 2.55. The summed E-state index contributed by atoms with van der Waals surface area (Å²) in [4.78, 5) is 6.80. The van der Waals surface area contributed by atoms with Gasteiger partial charge in [-0.05, 0) is 37.2 Å². The Hall–Kier alpha value is -1.62. The number of aromatic nitrogens is 1. The van der Waals surface area contributed by atoms with E-state index in [1.807, 2.05) is 31.3 Å². The SMILES string of the molecule is CNC(=S)N1CCC(c2nc3ccccc3o2)CC1. The minimum atomic E-state index is 0.406. The predicted molar refractivity (Wildman–Crippen MR) is 79.2 cm³/mol. The van der Waals surface area contributed by atoms with Gasteiger partial charge in [-0.15, -0.1) is 0 Å². The second-order valence-corrected chi connectivity index (χ2v) is 5.22. The number of rotatable bonds is 1. The van der Waals surface area contributed by atoms with Crippen LogP contribution < -0.4 is 5.32 Å². The van der Waals surface area contributed by atoms with Gasteiger partial charge in [0.2, 0.25) is 0 Å². The van der Waals surface area contributed by atoms with E-state index in [1.165, 1.54) is 0 Å². The Kier molecular flexibility index (Phi) is 3.38. The Labute approximate surface area is 117 Å². The highest BCUT2D eigenvalue weighted by Gasteiger charge is 2.25. The number of piperidine rings is 1. The zero-order valence-electron chi connectivity index (χ0n) is 10.9. The molecule has 5 heteroatoms. The van der Waals surface area contributed by atoms with Gasteiger partial charge in [-0.2, -0.15) is 0 Å². The molecule has 3 rings (SSSR count). The second kappa shape index (κ2) is 5.17. The van der Waals surface area contributed by atoms with Gasteiger partial charge in [0, 0.05) is 26.1 Å². The number of nitrogens with one attached hydrogen (secondary N) is 1. The number of benzene rings is 1. The largest absolute Gasteiger partial charge is 0.440 e. The van der Waals surface area contributed by atoms with Crippen molar-refractivity contribution < 1.29 is 4.42 Å². The predicted octanol–water partition coefficient (Wildman–Crippen LogP) is 2.51. The highest BCUT2D eigenvalue weighted by Crippen LogP contribution is 2.29. The molecule has 100 valence electrons. The smallest absolute Gasteiger partial charge is 0.198 e. The number of hydrogen-bond acceptors (Lipinski definition) is 3. The van der Waals surface area contributed by atoms with E-state index in [1.54, 1.807) is 0 Å². The summed E-state index contributed by atoms with van der Waals surface area (Å²) in [6, 6.07) is 7.93. The van der Waals surface area contributed by atoms with Crippen LogP contribution in [0.15, 0.2) is 28.7 Å². The van der Waals surface area contributed by atoms with Gasteiger partial charge in [0.25, 0.3) is 0 Å². The molecule has 0 unspecified atom stereocenters. The summed E-state index contributed by atoms with van der Waals surface area (Å²) in [6.07, 6.45) is 2.07. The van der Waals surface area contributed by atoms with Crippen LogP contribution in [0.5, 0.6) is 0 Å². The van der Waals surface area contributed by atoms with E-state index in [-0.39, 0.29) is 0 Å². The van der Waals surface area contributed by atoms with Gasteiger partial charge in [-0.25, -0.2) is 4.98 Å². The zero-order valence-corrected chi connectivity index (χ0v) is 11.7. The molecule has 0 aliphatic carbocycles. The van der Waals surface area contributed by atoms with Crippen molar-refractivity contribution in [2.75, 3.05) is 20.1 Å². The lowest BCUT2D eigenvalue weighted by atomic mass is 9.97. The Balaban J connectivity index is 1.72. The summed E-state index contributed by atoms with van der Waals surface area (Å²) in [7, 11) is 1.87. The summed E-state index contributed by atoms with van der Waals surface area (Å²) in [6.45, 7) is 1.92. The lowest BCUT2D eigenvalue weighted by molar-refractivity contribution is 0.286. The van der Waals surface area contributed by atoms with Gasteiger partial charge < -0.3 is 14.6 Å². The first-order valence-corrected chi connectivity index (χ1v) is 7.01. The van der Waals surface area contributed by atoms with E-state index >= 15 is 0 Å². The van der Waals surface area contributed by atoms with Crippen LogP contribution in [0.3, 0.4) is 0 Å². The van der Waals surface area contributed by atoms with Crippen LogP contribution in [0.2, 0.25) is 0 Å². The van der Waals surface area contributed by atoms with Crippen LogP contribution in [-0.4, -0.2) is 35.1 Å². The van der Waals surface area contributed by atoms with Gasteiger partial charge in [-0.3, -0.25) is 0 Å². The van der Waals surface area contributed by atoms with E-state index in [0.717, 1.165) is 48.0 Å². The van der Waals surface area contributed by atoms with Crippen molar-refractivity contribution >= 4 is 28.4 Å². The highest BCUT2D eigenvalue weighted by atomic mass is 32.1. The zero-order chi connectivity index (χ0) is 13.2. The Bertz CT molecular complexity index is 554. The molecule has 0 amide bonds. The number of hydrogen-bond donors (Lipinski definition) is 1. The van der Waals surface area contributed by atoms with Crippen molar-refractivity contribution in [3.05, 3.63) is 30.2 Å². The van der Waals surface area contributed by atoms with E-state index < -0.39 is 0 Å². The molecule has 2 heterocycles. The third-order valence-corrected chi connectivity index (χ3v) is 4.12. The third kappa shape index (κ3) is 2.42. The standard InChI is InChI=1S/C14H17N3OS/c1-15-14(19)17-8-6-10(7-9-17)13-16-11-4-2-3-5-12(11)18-13/h2-5,10H,6-9H2,1H3,(H,15,19). The number of para-hydroxylation sites is 2. The Morgan fingerprint density at radius 2 is 2.11 bits per heavy atom. The van der Waals surface area contributed by atoms with Crippen molar-refractivity contribution in [2.45, 2.75) is 18.8 Å². The van der Waals surface area contributed by atoms with Crippen LogP contribution in [-0.2, 0) is 0 Å². The monoisotopic (exact) mass is 275 g/mol. The van der Waals surface area contributed by atoms with Crippen LogP contribution in [0.1, 0.15) is 24.7 Å². The van der Waals surface area contributed by atoms with Crippen LogP contribution in [0, 0.1) is 0 Å². The molecule has 0 bridgehead atoms. The molecule has 2 aromatic rings. The van der Waals surface area contributed by atoms with Gasteiger partial charge >= 0.3 is 0 Å². The van der Waals surface area contributed by atoms with E-state index in [0.29, 0.717) is 5.92 Å². The molecule has 19 heavy (non-hydrogen) atoms. The number of likely N-dealkylation sites (tertiary alicyclic amines) is 1. The molecule has 4 nitrogen and oxygen atoms in total. The Morgan fingerprint density at radius 1 is 1.37 bits per heavy atom. The number of thiocarbonyl (C=S) groups is 1. The van der Waals surface area contributed by atoms with Crippen molar-refractivity contribution in [3.63, 3.8) is 0 Å². The van der Waals surface area contributed by atoms with Crippen molar-refractivity contribution in [3.8, 4) is 0 Å². The van der Waals surface area contributed by atoms with Gasteiger partial charge in [0.15, 0.2) is 16.6 Å². The number of oxazole rings is 1. The summed E-state index contributed by atoms with van der Waals surface area (Å²) >= 11 is 5.26. The minimum absolute atomic E-state index is 0.406. The molecule has 1 aromatic carbocycles. The molecule has 1 fully saturated rings. The maximum atomic E-state index is 5.85. The average molecular weight is 275 g/mol.